The fourth-order valence-corrected chi connectivity index (χ4v) is 2.25. The summed E-state index contributed by atoms with van der Waals surface area (Å²) >= 11 is 0. The molecule has 1 heterocycles. The maximum absolute atomic E-state index is 9.63. The van der Waals surface area contributed by atoms with E-state index in [2.05, 4.69) is 0 Å². The molecule has 5 N–H and O–H groups in total. The van der Waals surface area contributed by atoms with E-state index in [1.807, 2.05) is 0 Å². The molecule has 5 nitrogen and oxygen atoms in total. The van der Waals surface area contributed by atoms with Crippen molar-refractivity contribution in [2.45, 2.75) is 56.3 Å². The normalized spacial score (nSPS) is 43.4. The van der Waals surface area contributed by atoms with Gasteiger partial charge in [0.25, 0.3) is 0 Å². The topological polar surface area (TPSA) is 90.7 Å². The highest BCUT2D eigenvalue weighted by Gasteiger charge is 2.38. The first-order valence-electron chi connectivity index (χ1n) is 5.65. The molecule has 0 aromatic carbocycles. The van der Waals surface area contributed by atoms with Crippen LogP contribution >= 0.6 is 0 Å². The van der Waals surface area contributed by atoms with E-state index < -0.39 is 12.4 Å². The lowest BCUT2D eigenvalue weighted by molar-refractivity contribution is -0.223. The molecule has 0 amide bonds. The number of nitrogens with two attached hydrogens (primary N) is 2. The molecule has 2 aliphatic rings. The molecular weight excluding hydrogens is 196 g/mol. The molecule has 1 aliphatic carbocycles. The van der Waals surface area contributed by atoms with Gasteiger partial charge in [-0.15, -0.1) is 0 Å². The first-order chi connectivity index (χ1) is 7.18. The van der Waals surface area contributed by atoms with Crippen molar-refractivity contribution < 1.29 is 14.6 Å². The zero-order chi connectivity index (χ0) is 10.8. The van der Waals surface area contributed by atoms with Crippen LogP contribution in [0.1, 0.15) is 25.7 Å². The number of ether oxygens (including phenoxy) is 2. The van der Waals surface area contributed by atoms with Crippen LogP contribution in [0.5, 0.6) is 0 Å². The van der Waals surface area contributed by atoms with Crippen molar-refractivity contribution in [3.8, 4) is 0 Å². The second kappa shape index (κ2) is 4.76. The summed E-state index contributed by atoms with van der Waals surface area (Å²) in [5, 5.41) is 9.63. The zero-order valence-electron chi connectivity index (χ0n) is 8.84. The molecule has 0 unspecified atom stereocenters. The summed E-state index contributed by atoms with van der Waals surface area (Å²) in [7, 11) is 0. The molecule has 0 aromatic rings. The number of aliphatic hydroxyl groups is 1. The Morgan fingerprint density at radius 3 is 2.53 bits per heavy atom. The summed E-state index contributed by atoms with van der Waals surface area (Å²) in [5.74, 6) is 0. The van der Waals surface area contributed by atoms with E-state index >= 15 is 0 Å². The maximum Gasteiger partial charge on any atom is 0.182 e. The third-order valence-corrected chi connectivity index (χ3v) is 3.27. The van der Waals surface area contributed by atoms with Crippen LogP contribution in [0.25, 0.3) is 0 Å². The van der Waals surface area contributed by atoms with Gasteiger partial charge in [-0.25, -0.2) is 0 Å². The second-order valence-electron chi connectivity index (χ2n) is 4.47. The first kappa shape index (κ1) is 11.3. The largest absolute Gasteiger partial charge is 0.368 e. The molecular formula is C10H20N2O3. The predicted octanol–water partition coefficient (Wildman–Crippen LogP) is -0.683. The van der Waals surface area contributed by atoms with E-state index in [0.717, 1.165) is 12.8 Å². The Kier molecular flexibility index (Phi) is 3.58. The Balaban J connectivity index is 1.91. The minimum Gasteiger partial charge on any atom is -0.368 e. The van der Waals surface area contributed by atoms with Crippen LogP contribution in [0.4, 0.5) is 0 Å². The van der Waals surface area contributed by atoms with E-state index in [9.17, 15) is 5.11 Å². The monoisotopic (exact) mass is 216 g/mol. The Bertz CT molecular complexity index is 209. The van der Waals surface area contributed by atoms with Crippen molar-refractivity contribution in [3.05, 3.63) is 0 Å². The quantitative estimate of drug-likeness (QED) is 0.569. The van der Waals surface area contributed by atoms with Crippen molar-refractivity contribution in [2.24, 2.45) is 11.5 Å². The number of hydrogen-bond donors (Lipinski definition) is 3. The van der Waals surface area contributed by atoms with Crippen molar-refractivity contribution in [1.29, 1.82) is 0 Å². The van der Waals surface area contributed by atoms with Gasteiger partial charge in [0, 0.05) is 6.04 Å². The lowest BCUT2D eigenvalue weighted by Crippen LogP contribution is -2.62. The molecule has 88 valence electrons. The molecule has 0 aromatic heterocycles. The van der Waals surface area contributed by atoms with Gasteiger partial charge in [-0.1, -0.05) is 12.8 Å². The van der Waals surface area contributed by atoms with Gasteiger partial charge in [-0.05, 0) is 12.8 Å². The fraction of sp³-hybridized carbons (Fsp3) is 1.00. The van der Waals surface area contributed by atoms with Crippen LogP contribution in [-0.2, 0) is 9.47 Å². The minimum absolute atomic E-state index is 0.213. The van der Waals surface area contributed by atoms with Gasteiger partial charge in [0.15, 0.2) is 6.29 Å². The summed E-state index contributed by atoms with van der Waals surface area (Å²) in [4.78, 5) is 0. The van der Waals surface area contributed by atoms with E-state index in [-0.39, 0.29) is 18.2 Å². The van der Waals surface area contributed by atoms with Crippen molar-refractivity contribution in [1.82, 2.24) is 0 Å². The highest BCUT2D eigenvalue weighted by molar-refractivity contribution is 4.90. The number of aliphatic hydroxyl groups excluding tert-OH is 1. The van der Waals surface area contributed by atoms with Crippen LogP contribution in [0.15, 0.2) is 0 Å². The zero-order valence-corrected chi connectivity index (χ0v) is 8.84. The molecule has 5 heteroatoms. The molecule has 0 spiro atoms. The van der Waals surface area contributed by atoms with Crippen LogP contribution in [0.3, 0.4) is 0 Å². The standard InChI is InChI=1S/C10H20N2O3/c11-7-5-14-10(13)9(8(7)12)15-6-3-1-2-4-6/h6-10,13H,1-5,11-12H2/t7-,8+,9-,10+/m1/s1. The third-order valence-electron chi connectivity index (χ3n) is 3.27. The first-order valence-corrected chi connectivity index (χ1v) is 5.65. The van der Waals surface area contributed by atoms with E-state index in [1.165, 1.54) is 12.8 Å². The Morgan fingerprint density at radius 1 is 1.20 bits per heavy atom. The average molecular weight is 216 g/mol. The van der Waals surface area contributed by atoms with Gasteiger partial charge in [0.05, 0.1) is 18.8 Å². The SMILES string of the molecule is N[C@@H]1[C@@H](OC2CCCC2)[C@@H](O)OC[C@H]1N. The molecule has 0 radical (unpaired) electrons. The third kappa shape index (κ3) is 2.49. The van der Waals surface area contributed by atoms with Crippen LogP contribution in [-0.4, -0.2) is 42.3 Å². The summed E-state index contributed by atoms with van der Waals surface area (Å²) in [6, 6.07) is -0.589. The fourth-order valence-electron chi connectivity index (χ4n) is 2.25. The van der Waals surface area contributed by atoms with Crippen molar-refractivity contribution in [2.75, 3.05) is 6.61 Å². The van der Waals surface area contributed by atoms with Gasteiger partial charge in [0.1, 0.15) is 6.10 Å². The maximum atomic E-state index is 9.63. The Labute approximate surface area is 89.7 Å². The van der Waals surface area contributed by atoms with Crippen LogP contribution in [0, 0.1) is 0 Å². The second-order valence-corrected chi connectivity index (χ2v) is 4.47. The van der Waals surface area contributed by atoms with E-state index in [0.29, 0.717) is 6.61 Å². The summed E-state index contributed by atoms with van der Waals surface area (Å²) < 4.78 is 10.9. The lowest BCUT2D eigenvalue weighted by Gasteiger charge is -2.38. The van der Waals surface area contributed by atoms with Crippen LogP contribution < -0.4 is 11.5 Å². The Morgan fingerprint density at radius 2 is 1.87 bits per heavy atom. The van der Waals surface area contributed by atoms with E-state index in [4.69, 9.17) is 20.9 Å². The van der Waals surface area contributed by atoms with Crippen molar-refractivity contribution >= 4 is 0 Å². The van der Waals surface area contributed by atoms with Gasteiger partial charge < -0.3 is 26.0 Å². The van der Waals surface area contributed by atoms with E-state index in [1.54, 1.807) is 0 Å². The molecule has 0 bridgehead atoms. The van der Waals surface area contributed by atoms with Gasteiger partial charge in [0.2, 0.25) is 0 Å². The predicted molar refractivity (Wildman–Crippen MR) is 55.0 cm³/mol. The summed E-state index contributed by atoms with van der Waals surface area (Å²) in [6.07, 6.45) is 3.28. The molecule has 2 rings (SSSR count). The Hall–Kier alpha value is -0.200. The summed E-state index contributed by atoms with van der Waals surface area (Å²) in [5.41, 5.74) is 11.7. The van der Waals surface area contributed by atoms with Gasteiger partial charge >= 0.3 is 0 Å². The average Bonchev–Trinajstić information content (AvgIpc) is 2.71. The number of rotatable bonds is 2. The highest BCUT2D eigenvalue weighted by atomic mass is 16.6. The molecule has 4 atom stereocenters. The molecule has 1 saturated carbocycles. The lowest BCUT2D eigenvalue weighted by atomic mass is 10.0. The molecule has 1 aliphatic heterocycles. The van der Waals surface area contributed by atoms with Crippen molar-refractivity contribution in [3.63, 3.8) is 0 Å². The van der Waals surface area contributed by atoms with Gasteiger partial charge in [-0.2, -0.15) is 0 Å². The molecule has 2 fully saturated rings. The van der Waals surface area contributed by atoms with Gasteiger partial charge in [-0.3, -0.25) is 0 Å². The molecule has 1 saturated heterocycles. The molecule has 15 heavy (non-hydrogen) atoms. The number of hydrogen-bond acceptors (Lipinski definition) is 5. The van der Waals surface area contributed by atoms with Crippen LogP contribution in [0.2, 0.25) is 0 Å². The smallest absolute Gasteiger partial charge is 0.182 e. The highest BCUT2D eigenvalue weighted by Crippen LogP contribution is 2.25. The minimum atomic E-state index is -0.930. The summed E-state index contributed by atoms with van der Waals surface area (Å²) in [6.45, 7) is 0.298.